The summed E-state index contributed by atoms with van der Waals surface area (Å²) in [4.78, 5) is 12.7. The molecule has 8 nitrogen and oxygen atoms in total. The van der Waals surface area contributed by atoms with E-state index in [1.54, 1.807) is 7.11 Å². The molecule has 3 aromatic carbocycles. The zero-order valence-electron chi connectivity index (χ0n) is 17.1. The van der Waals surface area contributed by atoms with Crippen LogP contribution < -0.4 is 15.5 Å². The number of hydrogen-bond acceptors (Lipinski definition) is 8. The molecule has 0 amide bonds. The van der Waals surface area contributed by atoms with Gasteiger partial charge in [0, 0.05) is 30.8 Å². The van der Waals surface area contributed by atoms with Crippen LogP contribution in [0.3, 0.4) is 0 Å². The van der Waals surface area contributed by atoms with Gasteiger partial charge in [-0.15, -0.1) is 0 Å². The van der Waals surface area contributed by atoms with Gasteiger partial charge < -0.3 is 34.9 Å². The Morgan fingerprint density at radius 2 is 1.59 bits per heavy atom. The first-order valence-corrected chi connectivity index (χ1v) is 9.75. The Morgan fingerprint density at radius 1 is 0.844 bits per heavy atom. The molecule has 0 aliphatic rings. The van der Waals surface area contributed by atoms with Gasteiger partial charge >= 0.3 is 0 Å². The van der Waals surface area contributed by atoms with E-state index in [9.17, 15) is 25.2 Å². The van der Waals surface area contributed by atoms with Crippen LogP contribution in [0.2, 0.25) is 0 Å². The number of phenolic OH excluding ortho intramolecular Hbond substituents is 4. The van der Waals surface area contributed by atoms with Gasteiger partial charge in [0.05, 0.1) is 12.7 Å². The van der Waals surface area contributed by atoms with Crippen LogP contribution in [0.4, 0.5) is 0 Å². The van der Waals surface area contributed by atoms with Crippen molar-refractivity contribution < 1.29 is 29.6 Å². The quantitative estimate of drug-likeness (QED) is 0.290. The van der Waals surface area contributed by atoms with E-state index in [0.717, 1.165) is 17.4 Å². The highest BCUT2D eigenvalue weighted by Crippen LogP contribution is 2.36. The fourth-order valence-electron chi connectivity index (χ4n) is 3.42. The Balaban J connectivity index is 1.71. The van der Waals surface area contributed by atoms with E-state index in [-0.39, 0.29) is 40.5 Å². The zero-order valence-corrected chi connectivity index (χ0v) is 17.1. The summed E-state index contributed by atoms with van der Waals surface area (Å²) in [6.45, 7) is 0.628. The van der Waals surface area contributed by atoms with E-state index in [0.29, 0.717) is 17.7 Å². The average Bonchev–Trinajstić information content (AvgIpc) is 2.77. The monoisotopic (exact) mass is 435 g/mol. The molecule has 0 spiro atoms. The molecule has 1 aromatic heterocycles. The van der Waals surface area contributed by atoms with Crippen molar-refractivity contribution in [2.75, 3.05) is 7.11 Å². The molecule has 5 N–H and O–H groups in total. The lowest BCUT2D eigenvalue weighted by Gasteiger charge is -2.12. The van der Waals surface area contributed by atoms with Crippen LogP contribution in [0, 0.1) is 0 Å². The number of benzene rings is 3. The molecule has 0 saturated carbocycles. The lowest BCUT2D eigenvalue weighted by molar-refractivity contribution is 0.404. The molecule has 4 rings (SSSR count). The molecule has 4 aromatic rings. The van der Waals surface area contributed by atoms with Crippen LogP contribution >= 0.6 is 0 Å². The molecule has 0 saturated heterocycles. The minimum absolute atomic E-state index is 0.0276. The largest absolute Gasteiger partial charge is 0.507 e. The molecular formula is C24H21NO7. The van der Waals surface area contributed by atoms with Gasteiger partial charge in [-0.1, -0.05) is 12.1 Å². The maximum atomic E-state index is 12.7. The fraction of sp³-hybridized carbons (Fsp3) is 0.125. The third-order valence-corrected chi connectivity index (χ3v) is 5.11. The number of methoxy groups -OCH3 is 1. The van der Waals surface area contributed by atoms with Crippen molar-refractivity contribution >= 4 is 11.0 Å². The second-order valence-electron chi connectivity index (χ2n) is 7.23. The van der Waals surface area contributed by atoms with Gasteiger partial charge in [0.2, 0.25) is 0 Å². The fourth-order valence-corrected chi connectivity index (χ4v) is 3.42. The third kappa shape index (κ3) is 4.03. The summed E-state index contributed by atoms with van der Waals surface area (Å²) in [5, 5.41) is 43.1. The number of rotatable bonds is 6. The topological polar surface area (TPSA) is 132 Å². The number of aromatic hydroxyl groups is 4. The van der Waals surface area contributed by atoms with E-state index in [1.165, 1.54) is 24.3 Å². The minimum atomic E-state index is -0.511. The molecule has 0 bridgehead atoms. The average molecular weight is 435 g/mol. The summed E-state index contributed by atoms with van der Waals surface area (Å²) in [7, 11) is 1.59. The van der Waals surface area contributed by atoms with Gasteiger partial charge in [0.25, 0.3) is 0 Å². The van der Waals surface area contributed by atoms with Crippen molar-refractivity contribution in [3.63, 3.8) is 0 Å². The molecular weight excluding hydrogens is 414 g/mol. The summed E-state index contributed by atoms with van der Waals surface area (Å²) in [6, 6.07) is 13.8. The van der Waals surface area contributed by atoms with Gasteiger partial charge in [0.1, 0.15) is 28.4 Å². The molecule has 8 heteroatoms. The number of nitrogens with one attached hydrogen (secondary N) is 1. The maximum Gasteiger partial charge on any atom is 0.197 e. The smallest absolute Gasteiger partial charge is 0.197 e. The lowest BCUT2D eigenvalue weighted by atomic mass is 10.1. The highest BCUT2D eigenvalue weighted by molar-refractivity contribution is 5.89. The second-order valence-corrected chi connectivity index (χ2v) is 7.23. The molecule has 0 fully saturated rings. The van der Waals surface area contributed by atoms with E-state index in [2.05, 4.69) is 5.32 Å². The molecule has 0 atom stereocenters. The van der Waals surface area contributed by atoms with Crippen LogP contribution in [0.5, 0.6) is 28.7 Å². The van der Waals surface area contributed by atoms with Gasteiger partial charge in [-0.3, -0.25) is 4.79 Å². The Bertz CT molecular complexity index is 1340. The van der Waals surface area contributed by atoms with Crippen LogP contribution in [0.1, 0.15) is 11.1 Å². The molecule has 0 unspecified atom stereocenters. The normalized spacial score (nSPS) is 11.0. The number of ether oxygens (including phenoxy) is 1. The Hall–Kier alpha value is -4.17. The van der Waals surface area contributed by atoms with E-state index < -0.39 is 11.2 Å². The second kappa shape index (κ2) is 8.52. The first-order valence-electron chi connectivity index (χ1n) is 9.75. The van der Waals surface area contributed by atoms with Crippen molar-refractivity contribution in [3.05, 3.63) is 75.9 Å². The summed E-state index contributed by atoms with van der Waals surface area (Å²) in [6.07, 6.45) is 0. The number of phenols is 4. The molecule has 0 aliphatic carbocycles. The van der Waals surface area contributed by atoms with Crippen molar-refractivity contribution in [2.45, 2.75) is 13.1 Å². The summed E-state index contributed by atoms with van der Waals surface area (Å²) in [5.74, 6) is -0.456. The van der Waals surface area contributed by atoms with Gasteiger partial charge in [-0.25, -0.2) is 0 Å². The Morgan fingerprint density at radius 3 is 2.28 bits per heavy atom. The van der Waals surface area contributed by atoms with Crippen molar-refractivity contribution in [2.24, 2.45) is 0 Å². The maximum absolute atomic E-state index is 12.7. The number of fused-ring (bicyclic) bond motifs is 1. The molecule has 0 aliphatic heterocycles. The highest BCUT2D eigenvalue weighted by atomic mass is 16.5. The lowest BCUT2D eigenvalue weighted by Crippen LogP contribution is -2.14. The van der Waals surface area contributed by atoms with Crippen molar-refractivity contribution in [1.29, 1.82) is 0 Å². The third-order valence-electron chi connectivity index (χ3n) is 5.11. The standard InChI is InChI=1S/C24H21NO7/c1-31-15-5-2-13(3-6-15)11-25-12-16-18(27)9-20(29)23-21(30)10-22(32-24(16)23)14-4-7-17(26)19(28)8-14/h2-10,25-29H,11-12H2,1H3. The van der Waals surface area contributed by atoms with Gasteiger partial charge in [-0.2, -0.15) is 0 Å². The molecule has 32 heavy (non-hydrogen) atoms. The number of hydrogen-bond donors (Lipinski definition) is 5. The summed E-state index contributed by atoms with van der Waals surface area (Å²) < 4.78 is 11.0. The van der Waals surface area contributed by atoms with Crippen molar-refractivity contribution in [1.82, 2.24) is 5.32 Å². The first kappa shape index (κ1) is 21.1. The first-order chi connectivity index (χ1) is 15.4. The summed E-state index contributed by atoms with van der Waals surface area (Å²) in [5.41, 5.74) is 1.14. The summed E-state index contributed by atoms with van der Waals surface area (Å²) >= 11 is 0. The van der Waals surface area contributed by atoms with Crippen LogP contribution in [0.25, 0.3) is 22.3 Å². The van der Waals surface area contributed by atoms with Crippen LogP contribution in [0.15, 0.2) is 63.8 Å². The Labute approximate surface area is 182 Å². The van der Waals surface area contributed by atoms with Gasteiger partial charge in [-0.05, 0) is 35.9 Å². The van der Waals surface area contributed by atoms with Gasteiger partial charge in [0.15, 0.2) is 22.5 Å². The zero-order chi connectivity index (χ0) is 22.8. The highest BCUT2D eigenvalue weighted by Gasteiger charge is 2.18. The van der Waals surface area contributed by atoms with Crippen LogP contribution in [-0.2, 0) is 13.1 Å². The Kier molecular flexibility index (Phi) is 5.61. The van der Waals surface area contributed by atoms with E-state index >= 15 is 0 Å². The SMILES string of the molecule is COc1ccc(CNCc2c(O)cc(O)c3c(=O)cc(-c4ccc(O)c(O)c4)oc23)cc1. The molecule has 1 heterocycles. The molecule has 164 valence electrons. The van der Waals surface area contributed by atoms with Crippen molar-refractivity contribution in [3.8, 4) is 40.1 Å². The van der Waals surface area contributed by atoms with E-state index in [4.69, 9.17) is 9.15 Å². The predicted molar refractivity (Wildman–Crippen MR) is 118 cm³/mol. The molecule has 0 radical (unpaired) electrons. The minimum Gasteiger partial charge on any atom is -0.507 e. The van der Waals surface area contributed by atoms with E-state index in [1.807, 2.05) is 24.3 Å². The van der Waals surface area contributed by atoms with Crippen LogP contribution in [-0.4, -0.2) is 27.5 Å². The predicted octanol–water partition coefficient (Wildman–Crippen LogP) is 3.58.